The fraction of sp³-hybridized carbons (Fsp3) is 0.308. The summed E-state index contributed by atoms with van der Waals surface area (Å²) in [7, 11) is 0. The van der Waals surface area contributed by atoms with Crippen LogP contribution in [0.25, 0.3) is 10.9 Å². The second-order valence-corrected chi connectivity index (χ2v) is 4.25. The van der Waals surface area contributed by atoms with Crippen molar-refractivity contribution >= 4 is 17.2 Å². The number of rotatable bonds is 3. The van der Waals surface area contributed by atoms with Crippen LogP contribution in [0.5, 0.6) is 0 Å². The molecule has 0 saturated heterocycles. The molecule has 0 fully saturated rings. The SMILES string of the molecule is Cc1cc(C)c2c(C[C@H](N)[C]=O)c[nH]c2c1. The van der Waals surface area contributed by atoms with Crippen LogP contribution in [0.3, 0.4) is 0 Å². The summed E-state index contributed by atoms with van der Waals surface area (Å²) >= 11 is 0. The number of benzene rings is 1. The van der Waals surface area contributed by atoms with Gasteiger partial charge in [-0.1, -0.05) is 6.07 Å². The van der Waals surface area contributed by atoms with Crippen molar-refractivity contribution < 1.29 is 4.79 Å². The predicted octanol–water partition coefficient (Wildman–Crippen LogP) is 1.76. The molecule has 3 heteroatoms. The number of carbonyl (C=O) groups excluding carboxylic acids is 1. The number of nitrogens with one attached hydrogen (secondary N) is 1. The summed E-state index contributed by atoms with van der Waals surface area (Å²) in [5.41, 5.74) is 10.2. The lowest BCUT2D eigenvalue weighted by Crippen LogP contribution is -2.23. The van der Waals surface area contributed by atoms with Crippen molar-refractivity contribution in [1.29, 1.82) is 0 Å². The van der Waals surface area contributed by atoms with E-state index in [-0.39, 0.29) is 0 Å². The molecule has 1 radical (unpaired) electrons. The molecule has 0 aliphatic heterocycles. The van der Waals surface area contributed by atoms with Gasteiger partial charge in [-0.3, -0.25) is 4.79 Å². The first-order valence-corrected chi connectivity index (χ1v) is 5.32. The van der Waals surface area contributed by atoms with Crippen LogP contribution in [0.2, 0.25) is 0 Å². The summed E-state index contributed by atoms with van der Waals surface area (Å²) < 4.78 is 0. The molecule has 0 saturated carbocycles. The third-order valence-corrected chi connectivity index (χ3v) is 2.79. The summed E-state index contributed by atoms with van der Waals surface area (Å²) in [4.78, 5) is 13.7. The molecule has 1 atom stereocenters. The highest BCUT2D eigenvalue weighted by Crippen LogP contribution is 2.24. The highest BCUT2D eigenvalue weighted by Gasteiger charge is 2.10. The molecule has 0 unspecified atom stereocenters. The Hall–Kier alpha value is -1.61. The molecule has 1 aromatic carbocycles. The van der Waals surface area contributed by atoms with E-state index >= 15 is 0 Å². The number of aromatic nitrogens is 1. The molecule has 3 N–H and O–H groups in total. The van der Waals surface area contributed by atoms with Crippen molar-refractivity contribution in [2.75, 3.05) is 0 Å². The van der Waals surface area contributed by atoms with Crippen LogP contribution in [-0.2, 0) is 11.2 Å². The zero-order chi connectivity index (χ0) is 11.7. The van der Waals surface area contributed by atoms with Gasteiger partial charge >= 0.3 is 0 Å². The highest BCUT2D eigenvalue weighted by molar-refractivity contribution is 5.87. The van der Waals surface area contributed by atoms with E-state index in [1.807, 2.05) is 12.5 Å². The van der Waals surface area contributed by atoms with E-state index in [0.29, 0.717) is 6.42 Å². The van der Waals surface area contributed by atoms with E-state index in [1.54, 1.807) is 0 Å². The van der Waals surface area contributed by atoms with E-state index in [4.69, 9.17) is 5.73 Å². The molecule has 3 nitrogen and oxygen atoms in total. The van der Waals surface area contributed by atoms with Crippen LogP contribution >= 0.6 is 0 Å². The molecule has 2 aromatic rings. The van der Waals surface area contributed by atoms with Crippen molar-refractivity contribution in [3.63, 3.8) is 0 Å². The van der Waals surface area contributed by atoms with Crippen molar-refractivity contribution in [2.24, 2.45) is 5.73 Å². The Morgan fingerprint density at radius 2 is 2.19 bits per heavy atom. The molecule has 0 aliphatic carbocycles. The van der Waals surface area contributed by atoms with Crippen LogP contribution < -0.4 is 5.73 Å². The van der Waals surface area contributed by atoms with Crippen molar-refractivity contribution in [1.82, 2.24) is 4.98 Å². The summed E-state index contributed by atoms with van der Waals surface area (Å²) in [6.07, 6.45) is 4.27. The summed E-state index contributed by atoms with van der Waals surface area (Å²) in [6, 6.07) is 3.69. The number of fused-ring (bicyclic) bond motifs is 1. The van der Waals surface area contributed by atoms with Crippen LogP contribution in [0.4, 0.5) is 0 Å². The van der Waals surface area contributed by atoms with Gasteiger partial charge in [0.1, 0.15) is 0 Å². The quantitative estimate of drug-likeness (QED) is 0.819. The topological polar surface area (TPSA) is 58.9 Å². The van der Waals surface area contributed by atoms with Crippen molar-refractivity contribution in [3.8, 4) is 0 Å². The zero-order valence-corrected chi connectivity index (χ0v) is 9.50. The molecule has 83 valence electrons. The number of H-pyrrole nitrogens is 1. The fourth-order valence-electron chi connectivity index (χ4n) is 2.18. The van der Waals surface area contributed by atoms with E-state index in [2.05, 4.69) is 31.0 Å². The van der Waals surface area contributed by atoms with Gasteiger partial charge in [0, 0.05) is 17.1 Å². The summed E-state index contributed by atoms with van der Waals surface area (Å²) in [5.74, 6) is 0. The van der Waals surface area contributed by atoms with Gasteiger partial charge in [-0.15, -0.1) is 0 Å². The second-order valence-electron chi connectivity index (χ2n) is 4.25. The molecule has 1 aromatic heterocycles. The minimum absolute atomic E-state index is 0.535. The van der Waals surface area contributed by atoms with Gasteiger partial charge < -0.3 is 10.7 Å². The molecule has 0 aliphatic rings. The molecule has 0 spiro atoms. The lowest BCUT2D eigenvalue weighted by atomic mass is 10.0. The zero-order valence-electron chi connectivity index (χ0n) is 9.50. The minimum atomic E-state index is -0.542. The Morgan fingerprint density at radius 3 is 2.88 bits per heavy atom. The number of nitrogens with two attached hydrogens (primary N) is 1. The Morgan fingerprint density at radius 1 is 1.44 bits per heavy atom. The van der Waals surface area contributed by atoms with Crippen LogP contribution in [0.1, 0.15) is 16.7 Å². The Balaban J connectivity index is 2.51. The largest absolute Gasteiger partial charge is 0.361 e. The Bertz CT molecular complexity index is 528. The Labute approximate surface area is 94.6 Å². The van der Waals surface area contributed by atoms with Crippen LogP contribution in [-0.4, -0.2) is 17.3 Å². The average Bonchev–Trinajstić information content (AvgIpc) is 2.61. The maximum Gasteiger partial charge on any atom is 0.217 e. The van der Waals surface area contributed by atoms with E-state index in [0.717, 1.165) is 11.1 Å². The molecule has 16 heavy (non-hydrogen) atoms. The average molecular weight is 215 g/mol. The van der Waals surface area contributed by atoms with Gasteiger partial charge in [0.05, 0.1) is 6.04 Å². The highest BCUT2D eigenvalue weighted by atomic mass is 16.1. The van der Waals surface area contributed by atoms with E-state index in [9.17, 15) is 4.79 Å². The van der Waals surface area contributed by atoms with Gasteiger partial charge in [-0.05, 0) is 43.0 Å². The molecule has 2 rings (SSSR count). The van der Waals surface area contributed by atoms with E-state index in [1.165, 1.54) is 16.5 Å². The third kappa shape index (κ3) is 1.86. The molecule has 0 amide bonds. The smallest absolute Gasteiger partial charge is 0.217 e. The van der Waals surface area contributed by atoms with Gasteiger partial charge in [-0.25, -0.2) is 0 Å². The summed E-state index contributed by atoms with van der Waals surface area (Å²) in [5, 5.41) is 1.18. The number of hydrogen-bond acceptors (Lipinski definition) is 2. The molecule has 0 bridgehead atoms. The van der Waals surface area contributed by atoms with Gasteiger partial charge in [0.15, 0.2) is 0 Å². The lowest BCUT2D eigenvalue weighted by molar-refractivity contribution is 0.541. The molecular formula is C13H15N2O. The van der Waals surface area contributed by atoms with E-state index < -0.39 is 6.04 Å². The van der Waals surface area contributed by atoms with Crippen LogP contribution in [0, 0.1) is 13.8 Å². The lowest BCUT2D eigenvalue weighted by Gasteiger charge is -2.04. The maximum atomic E-state index is 10.4. The first-order chi connectivity index (χ1) is 7.61. The monoisotopic (exact) mass is 215 g/mol. The number of hydrogen-bond donors (Lipinski definition) is 2. The van der Waals surface area contributed by atoms with Gasteiger partial charge in [0.25, 0.3) is 0 Å². The van der Waals surface area contributed by atoms with Crippen molar-refractivity contribution in [2.45, 2.75) is 26.3 Å². The summed E-state index contributed by atoms with van der Waals surface area (Å²) in [6.45, 7) is 4.14. The Kier molecular flexibility index (Phi) is 2.79. The molecule has 1 heterocycles. The van der Waals surface area contributed by atoms with Gasteiger partial charge in [-0.2, -0.15) is 0 Å². The predicted molar refractivity (Wildman–Crippen MR) is 65.1 cm³/mol. The third-order valence-electron chi connectivity index (χ3n) is 2.79. The van der Waals surface area contributed by atoms with Crippen LogP contribution in [0.15, 0.2) is 18.3 Å². The second kappa shape index (κ2) is 4.10. The van der Waals surface area contributed by atoms with Gasteiger partial charge in [0.2, 0.25) is 6.29 Å². The molecular weight excluding hydrogens is 200 g/mol. The normalized spacial score (nSPS) is 12.9. The van der Waals surface area contributed by atoms with Crippen molar-refractivity contribution in [3.05, 3.63) is 35.0 Å². The maximum absolute atomic E-state index is 10.4. The number of aryl methyl sites for hydroxylation is 2. The fourth-order valence-corrected chi connectivity index (χ4v) is 2.18. The first kappa shape index (κ1) is 10.9. The minimum Gasteiger partial charge on any atom is -0.361 e. The number of aromatic amines is 1. The first-order valence-electron chi connectivity index (χ1n) is 5.32. The standard InChI is InChI=1S/C13H15N2O/c1-8-3-9(2)13-10(5-11(14)7-16)6-15-12(13)4-8/h3-4,6,11,15H,5,14H2,1-2H3/t11-/m0/s1.